The second-order valence-electron chi connectivity index (χ2n) is 7.47. The van der Waals surface area contributed by atoms with Crippen LogP contribution in [0.3, 0.4) is 0 Å². The Morgan fingerprint density at radius 3 is 2.64 bits per heavy atom. The van der Waals surface area contributed by atoms with Gasteiger partial charge in [0.25, 0.3) is 0 Å². The van der Waals surface area contributed by atoms with E-state index in [2.05, 4.69) is 24.9 Å². The third-order valence-electron chi connectivity index (χ3n) is 4.43. The van der Waals surface area contributed by atoms with E-state index in [4.69, 9.17) is 9.47 Å². The van der Waals surface area contributed by atoms with Crippen LogP contribution in [0.25, 0.3) is 0 Å². The van der Waals surface area contributed by atoms with Crippen LogP contribution in [-0.4, -0.2) is 36.1 Å². The molecule has 0 bridgehead atoms. The Kier molecular flexibility index (Phi) is 8.93. The van der Waals surface area contributed by atoms with Crippen molar-refractivity contribution in [3.05, 3.63) is 45.9 Å². The fourth-order valence-electron chi connectivity index (χ4n) is 2.94. The van der Waals surface area contributed by atoms with Crippen molar-refractivity contribution in [1.82, 2.24) is 9.88 Å². The van der Waals surface area contributed by atoms with Crippen molar-refractivity contribution < 1.29 is 14.3 Å². The van der Waals surface area contributed by atoms with Crippen LogP contribution in [-0.2, 0) is 22.7 Å². The molecule has 0 N–H and O–H groups in total. The zero-order chi connectivity index (χ0) is 20.5. The molecule has 0 radical (unpaired) electrons. The second-order valence-corrected chi connectivity index (χ2v) is 8.42. The maximum absolute atomic E-state index is 12.5. The maximum Gasteiger partial charge on any atom is 0.225 e. The van der Waals surface area contributed by atoms with E-state index >= 15 is 0 Å². The largest absolute Gasteiger partial charge is 0.486 e. The lowest BCUT2D eigenvalue weighted by Crippen LogP contribution is -2.35. The first kappa shape index (κ1) is 22.4. The molecule has 0 saturated carbocycles. The first-order valence-electron chi connectivity index (χ1n) is 9.85. The molecule has 0 fully saturated rings. The van der Waals surface area contributed by atoms with Crippen LogP contribution in [0, 0.1) is 5.92 Å². The summed E-state index contributed by atoms with van der Waals surface area (Å²) in [5.74, 6) is 1.43. The number of benzene rings is 1. The van der Waals surface area contributed by atoms with Crippen LogP contribution < -0.4 is 4.74 Å². The van der Waals surface area contributed by atoms with Crippen molar-refractivity contribution in [3.8, 4) is 5.75 Å². The minimum absolute atomic E-state index is 0.0310. The molecule has 0 aliphatic carbocycles. The molecule has 1 aromatic carbocycles. The molecular formula is C22H32N2O3S. The molecular weight excluding hydrogens is 372 g/mol. The van der Waals surface area contributed by atoms with Gasteiger partial charge >= 0.3 is 0 Å². The minimum Gasteiger partial charge on any atom is -0.486 e. The number of hydrogen-bond acceptors (Lipinski definition) is 5. The number of thiazole rings is 1. The first-order valence-corrected chi connectivity index (χ1v) is 10.7. The van der Waals surface area contributed by atoms with Crippen LogP contribution in [0.15, 0.2) is 29.6 Å². The van der Waals surface area contributed by atoms with Gasteiger partial charge in [-0.05, 0) is 24.0 Å². The minimum atomic E-state index is -0.0310. The van der Waals surface area contributed by atoms with Gasteiger partial charge in [0.15, 0.2) is 0 Å². The third-order valence-corrected chi connectivity index (χ3v) is 5.30. The lowest BCUT2D eigenvalue weighted by atomic mass is 10.0. The van der Waals surface area contributed by atoms with E-state index < -0.39 is 0 Å². The quantitative estimate of drug-likeness (QED) is 0.502. The highest BCUT2D eigenvalue weighted by molar-refractivity contribution is 7.09. The number of para-hydroxylation sites is 1. The average molecular weight is 405 g/mol. The normalized spacial score (nSPS) is 11.2. The summed E-state index contributed by atoms with van der Waals surface area (Å²) in [6.45, 7) is 10.5. The summed E-state index contributed by atoms with van der Waals surface area (Å²) in [5.41, 5.74) is 2.11. The number of nitrogens with zero attached hydrogens (tertiary/aromatic N) is 2. The van der Waals surface area contributed by atoms with Gasteiger partial charge in [0.1, 0.15) is 17.4 Å². The van der Waals surface area contributed by atoms with Crippen LogP contribution in [0.4, 0.5) is 0 Å². The highest BCUT2D eigenvalue weighted by Gasteiger charge is 2.18. The van der Waals surface area contributed by atoms with E-state index in [1.807, 2.05) is 42.3 Å². The molecule has 28 heavy (non-hydrogen) atoms. The van der Waals surface area contributed by atoms with E-state index in [1.54, 1.807) is 18.4 Å². The van der Waals surface area contributed by atoms with Gasteiger partial charge in [-0.3, -0.25) is 4.79 Å². The number of aromatic nitrogens is 1. The number of hydrogen-bond donors (Lipinski definition) is 0. The predicted octanol–water partition coefficient (Wildman–Crippen LogP) is 4.87. The molecule has 2 rings (SSSR count). The van der Waals surface area contributed by atoms with Gasteiger partial charge < -0.3 is 14.4 Å². The highest BCUT2D eigenvalue weighted by Crippen LogP contribution is 2.27. The van der Waals surface area contributed by atoms with E-state index in [0.717, 1.165) is 22.9 Å². The Morgan fingerprint density at radius 1 is 1.21 bits per heavy atom. The zero-order valence-corrected chi connectivity index (χ0v) is 18.4. The standard InChI is InChI=1S/C22H32N2O3S/c1-16(2)19-9-6-7-10-20(19)27-14-21-23-18(15-28-21)13-24(11-8-12-26-5)22(25)17(3)4/h6-7,9-10,15-17H,8,11-14H2,1-5H3. The van der Waals surface area contributed by atoms with Crippen molar-refractivity contribution in [2.45, 2.75) is 53.2 Å². The number of carbonyl (C=O) groups is 1. The lowest BCUT2D eigenvalue weighted by Gasteiger charge is -2.23. The zero-order valence-electron chi connectivity index (χ0n) is 17.6. The van der Waals surface area contributed by atoms with Gasteiger partial charge in [0.2, 0.25) is 5.91 Å². The van der Waals surface area contributed by atoms with E-state index in [-0.39, 0.29) is 11.8 Å². The first-order chi connectivity index (χ1) is 13.4. The molecule has 154 valence electrons. The van der Waals surface area contributed by atoms with Crippen LogP contribution in [0.5, 0.6) is 5.75 Å². The molecule has 6 heteroatoms. The SMILES string of the molecule is COCCCN(Cc1csc(COc2ccccc2C(C)C)n1)C(=O)C(C)C. The van der Waals surface area contributed by atoms with Gasteiger partial charge in [-0.1, -0.05) is 45.9 Å². The molecule has 0 aliphatic rings. The number of rotatable bonds is 11. The monoisotopic (exact) mass is 404 g/mol. The Morgan fingerprint density at radius 2 is 1.96 bits per heavy atom. The summed E-state index contributed by atoms with van der Waals surface area (Å²) < 4.78 is 11.1. The average Bonchev–Trinajstić information content (AvgIpc) is 3.12. The Hall–Kier alpha value is -1.92. The van der Waals surface area contributed by atoms with Gasteiger partial charge in [0, 0.05) is 31.6 Å². The van der Waals surface area contributed by atoms with Crippen molar-refractivity contribution in [2.24, 2.45) is 5.92 Å². The third kappa shape index (κ3) is 6.60. The fourth-order valence-corrected chi connectivity index (χ4v) is 3.64. The molecule has 0 saturated heterocycles. The molecule has 5 nitrogen and oxygen atoms in total. The summed E-state index contributed by atoms with van der Waals surface area (Å²) in [4.78, 5) is 19.0. The Balaban J connectivity index is 1.99. The van der Waals surface area contributed by atoms with Crippen LogP contribution >= 0.6 is 11.3 Å². The second kappa shape index (κ2) is 11.2. The lowest BCUT2D eigenvalue weighted by molar-refractivity contribution is -0.135. The van der Waals surface area contributed by atoms with Crippen molar-refractivity contribution in [1.29, 1.82) is 0 Å². The molecule has 0 unspecified atom stereocenters. The molecule has 0 spiro atoms. The molecule has 1 heterocycles. The Labute approximate surface area is 172 Å². The summed E-state index contributed by atoms with van der Waals surface area (Å²) in [5, 5.41) is 2.94. The smallest absolute Gasteiger partial charge is 0.225 e. The molecule has 1 amide bonds. The topological polar surface area (TPSA) is 51.7 Å². The van der Waals surface area contributed by atoms with Crippen molar-refractivity contribution in [3.63, 3.8) is 0 Å². The van der Waals surface area contributed by atoms with Gasteiger partial charge in [0.05, 0.1) is 12.2 Å². The molecule has 0 atom stereocenters. The van der Waals surface area contributed by atoms with Gasteiger partial charge in [-0.2, -0.15) is 0 Å². The van der Waals surface area contributed by atoms with E-state index in [9.17, 15) is 4.79 Å². The van der Waals surface area contributed by atoms with Crippen molar-refractivity contribution in [2.75, 3.05) is 20.3 Å². The number of ether oxygens (including phenoxy) is 2. The van der Waals surface area contributed by atoms with Gasteiger partial charge in [-0.15, -0.1) is 11.3 Å². The van der Waals surface area contributed by atoms with Crippen LogP contribution in [0.2, 0.25) is 0 Å². The van der Waals surface area contributed by atoms with Crippen LogP contribution in [0.1, 0.15) is 56.3 Å². The maximum atomic E-state index is 12.5. The van der Waals surface area contributed by atoms with Gasteiger partial charge in [-0.25, -0.2) is 4.98 Å². The molecule has 0 aliphatic heterocycles. The highest BCUT2D eigenvalue weighted by atomic mass is 32.1. The number of carbonyl (C=O) groups excluding carboxylic acids is 1. The van der Waals surface area contributed by atoms with Crippen molar-refractivity contribution >= 4 is 17.2 Å². The number of amides is 1. The summed E-state index contributed by atoms with van der Waals surface area (Å²) >= 11 is 1.57. The summed E-state index contributed by atoms with van der Waals surface area (Å²) in [6, 6.07) is 8.13. The number of methoxy groups -OCH3 is 1. The summed E-state index contributed by atoms with van der Waals surface area (Å²) in [7, 11) is 1.68. The Bertz CT molecular complexity index is 743. The summed E-state index contributed by atoms with van der Waals surface area (Å²) in [6.07, 6.45) is 0.820. The van der Waals surface area contributed by atoms with E-state index in [1.165, 1.54) is 5.56 Å². The van der Waals surface area contributed by atoms with E-state index in [0.29, 0.717) is 32.2 Å². The molecule has 2 aromatic rings. The predicted molar refractivity (Wildman–Crippen MR) is 114 cm³/mol. The fraction of sp³-hybridized carbons (Fsp3) is 0.545. The molecule has 1 aromatic heterocycles.